The van der Waals surface area contributed by atoms with Gasteiger partial charge in [-0.3, -0.25) is 4.79 Å². The second kappa shape index (κ2) is 8.63. The molecule has 0 spiro atoms. The minimum absolute atomic E-state index is 0.0328. The van der Waals surface area contributed by atoms with Crippen LogP contribution in [-0.2, 0) is 11.3 Å². The first-order chi connectivity index (χ1) is 16.7. The predicted octanol–water partition coefficient (Wildman–Crippen LogP) is 5.08. The van der Waals surface area contributed by atoms with E-state index >= 15 is 0 Å². The number of H-pyrrole nitrogens is 1. The number of rotatable bonds is 4. The predicted molar refractivity (Wildman–Crippen MR) is 137 cm³/mol. The largest absolute Gasteiger partial charge is 0.378 e. The minimum atomic E-state index is -0.0328. The quantitative estimate of drug-likeness (QED) is 0.397. The maximum atomic E-state index is 12.6. The summed E-state index contributed by atoms with van der Waals surface area (Å²) in [6.45, 7) is 3.70. The molecule has 6 nitrogen and oxygen atoms in total. The number of aromatic nitrogens is 3. The van der Waals surface area contributed by atoms with Crippen LogP contribution in [0.3, 0.4) is 0 Å². The summed E-state index contributed by atoms with van der Waals surface area (Å²) in [5.41, 5.74) is 5.68. The molecule has 1 saturated heterocycles. The number of benzene rings is 3. The van der Waals surface area contributed by atoms with E-state index in [0.29, 0.717) is 17.4 Å². The number of nitrogens with one attached hydrogen (secondary N) is 1. The molecule has 1 N–H and O–H groups in total. The number of morpholine rings is 1. The van der Waals surface area contributed by atoms with Gasteiger partial charge in [0, 0.05) is 30.4 Å². The van der Waals surface area contributed by atoms with Gasteiger partial charge in [0.05, 0.1) is 41.3 Å². The summed E-state index contributed by atoms with van der Waals surface area (Å²) in [7, 11) is 0. The molecule has 2 aromatic heterocycles. The molecular formula is C27H23ClN4O2. The fourth-order valence-corrected chi connectivity index (χ4v) is 4.79. The van der Waals surface area contributed by atoms with E-state index in [1.165, 1.54) is 0 Å². The van der Waals surface area contributed by atoms with Crippen molar-refractivity contribution in [3.05, 3.63) is 93.7 Å². The Balaban J connectivity index is 1.36. The molecular weight excluding hydrogens is 448 g/mol. The zero-order chi connectivity index (χ0) is 23.1. The molecule has 0 bridgehead atoms. The number of ether oxygens (including phenoxy) is 1. The summed E-state index contributed by atoms with van der Waals surface area (Å²) in [6.07, 6.45) is 0. The Kier molecular flexibility index (Phi) is 5.32. The summed E-state index contributed by atoms with van der Waals surface area (Å²) < 4.78 is 7.26. The van der Waals surface area contributed by atoms with Crippen LogP contribution in [0.5, 0.6) is 0 Å². The smallest absolute Gasteiger partial charge is 0.251 e. The number of hydrogen-bond donors (Lipinski definition) is 1. The maximum absolute atomic E-state index is 12.6. The standard InChI is InChI=1S/C27H23ClN4O2/c28-22-8-5-18(17-32-25-4-2-1-3-19(25)6-10-26(32)33)15-21(22)27-29-23-9-7-20(16-24(23)30-27)31-11-13-34-14-12-31/h1-10,15-16H,11-14,17H2,(H,29,30). The van der Waals surface area contributed by atoms with Crippen molar-refractivity contribution in [3.8, 4) is 11.4 Å². The van der Waals surface area contributed by atoms with Crippen molar-refractivity contribution >= 4 is 39.2 Å². The lowest BCUT2D eigenvalue weighted by Crippen LogP contribution is -2.36. The first kappa shape index (κ1) is 21.0. The van der Waals surface area contributed by atoms with Gasteiger partial charge in [-0.2, -0.15) is 0 Å². The Bertz CT molecular complexity index is 1570. The zero-order valence-corrected chi connectivity index (χ0v) is 19.3. The summed E-state index contributed by atoms with van der Waals surface area (Å²) in [4.78, 5) is 23.2. The molecule has 3 aromatic carbocycles. The van der Waals surface area contributed by atoms with Crippen molar-refractivity contribution in [2.75, 3.05) is 31.2 Å². The van der Waals surface area contributed by atoms with E-state index in [1.54, 1.807) is 10.6 Å². The third kappa shape index (κ3) is 3.85. The Morgan fingerprint density at radius 2 is 1.82 bits per heavy atom. The lowest BCUT2D eigenvalue weighted by molar-refractivity contribution is 0.122. The second-order valence-corrected chi connectivity index (χ2v) is 8.92. The summed E-state index contributed by atoms with van der Waals surface area (Å²) in [5.74, 6) is 0.714. The number of anilines is 1. The fourth-order valence-electron chi connectivity index (χ4n) is 4.59. The van der Waals surface area contributed by atoms with Crippen molar-refractivity contribution < 1.29 is 4.74 Å². The number of pyridine rings is 1. The highest BCUT2D eigenvalue weighted by Gasteiger charge is 2.15. The lowest BCUT2D eigenvalue weighted by atomic mass is 10.1. The number of hydrogen-bond acceptors (Lipinski definition) is 4. The van der Waals surface area contributed by atoms with Crippen LogP contribution in [0.1, 0.15) is 5.56 Å². The monoisotopic (exact) mass is 470 g/mol. The van der Waals surface area contributed by atoms with E-state index in [4.69, 9.17) is 21.3 Å². The van der Waals surface area contributed by atoms with Gasteiger partial charge in [-0.05, 0) is 53.4 Å². The third-order valence-electron chi connectivity index (χ3n) is 6.37. The Labute approximate surface area is 201 Å². The third-order valence-corrected chi connectivity index (χ3v) is 6.70. The van der Waals surface area contributed by atoms with Crippen molar-refractivity contribution in [3.63, 3.8) is 0 Å². The van der Waals surface area contributed by atoms with Crippen molar-refractivity contribution in [2.24, 2.45) is 0 Å². The van der Waals surface area contributed by atoms with Crippen LogP contribution in [0, 0.1) is 0 Å². The molecule has 0 aliphatic carbocycles. The first-order valence-corrected chi connectivity index (χ1v) is 11.7. The van der Waals surface area contributed by atoms with Gasteiger partial charge >= 0.3 is 0 Å². The molecule has 1 aliphatic heterocycles. The molecule has 0 saturated carbocycles. The van der Waals surface area contributed by atoms with Crippen LogP contribution in [0.4, 0.5) is 5.69 Å². The highest BCUT2D eigenvalue weighted by molar-refractivity contribution is 6.33. The van der Waals surface area contributed by atoms with E-state index in [0.717, 1.165) is 65.1 Å². The molecule has 34 heavy (non-hydrogen) atoms. The van der Waals surface area contributed by atoms with Crippen LogP contribution in [0.15, 0.2) is 77.6 Å². The SMILES string of the molecule is O=c1ccc2ccccc2n1Cc1ccc(Cl)c(-c2nc3ccc(N4CCOCC4)cc3[nH]2)c1. The first-order valence-electron chi connectivity index (χ1n) is 11.4. The van der Waals surface area contributed by atoms with Gasteiger partial charge in [0.25, 0.3) is 5.56 Å². The van der Waals surface area contributed by atoms with Crippen LogP contribution in [0.25, 0.3) is 33.3 Å². The molecule has 0 radical (unpaired) electrons. The van der Waals surface area contributed by atoms with Crippen LogP contribution in [0.2, 0.25) is 5.02 Å². The highest BCUT2D eigenvalue weighted by atomic mass is 35.5. The summed E-state index contributed by atoms with van der Waals surface area (Å²) >= 11 is 6.59. The Morgan fingerprint density at radius 3 is 2.71 bits per heavy atom. The molecule has 170 valence electrons. The fraction of sp³-hybridized carbons (Fsp3) is 0.185. The Hall–Kier alpha value is -3.61. The number of nitrogens with zero attached hydrogens (tertiary/aromatic N) is 3. The number of halogens is 1. The zero-order valence-electron chi connectivity index (χ0n) is 18.5. The molecule has 3 heterocycles. The van der Waals surface area contributed by atoms with E-state index in [9.17, 15) is 4.79 Å². The Morgan fingerprint density at radius 1 is 0.971 bits per heavy atom. The average molecular weight is 471 g/mol. The molecule has 0 atom stereocenters. The molecule has 0 unspecified atom stereocenters. The van der Waals surface area contributed by atoms with Gasteiger partial charge < -0.3 is 19.2 Å². The van der Waals surface area contributed by atoms with Crippen molar-refractivity contribution in [1.29, 1.82) is 0 Å². The minimum Gasteiger partial charge on any atom is -0.378 e. The molecule has 1 fully saturated rings. The van der Waals surface area contributed by atoms with Gasteiger partial charge in [0.15, 0.2) is 0 Å². The van der Waals surface area contributed by atoms with E-state index < -0.39 is 0 Å². The topological polar surface area (TPSA) is 63.1 Å². The van der Waals surface area contributed by atoms with Gasteiger partial charge in [0.2, 0.25) is 0 Å². The summed E-state index contributed by atoms with van der Waals surface area (Å²) in [6, 6.07) is 23.5. The number of imidazole rings is 1. The average Bonchev–Trinajstić information content (AvgIpc) is 3.30. The van der Waals surface area contributed by atoms with Crippen LogP contribution >= 0.6 is 11.6 Å². The van der Waals surface area contributed by atoms with E-state index in [-0.39, 0.29) is 5.56 Å². The molecule has 1 aliphatic rings. The number of aromatic amines is 1. The van der Waals surface area contributed by atoms with E-state index in [1.807, 2.05) is 54.6 Å². The van der Waals surface area contributed by atoms with Gasteiger partial charge in [-0.25, -0.2) is 4.98 Å². The van der Waals surface area contributed by atoms with Gasteiger partial charge in [0.1, 0.15) is 5.82 Å². The second-order valence-electron chi connectivity index (χ2n) is 8.52. The van der Waals surface area contributed by atoms with Crippen LogP contribution < -0.4 is 10.5 Å². The number of fused-ring (bicyclic) bond motifs is 2. The normalized spacial score (nSPS) is 14.2. The van der Waals surface area contributed by atoms with Crippen LogP contribution in [-0.4, -0.2) is 40.8 Å². The van der Waals surface area contributed by atoms with Crippen molar-refractivity contribution in [2.45, 2.75) is 6.54 Å². The highest BCUT2D eigenvalue weighted by Crippen LogP contribution is 2.30. The lowest BCUT2D eigenvalue weighted by Gasteiger charge is -2.28. The maximum Gasteiger partial charge on any atom is 0.251 e. The molecule has 5 aromatic rings. The van der Waals surface area contributed by atoms with Crippen molar-refractivity contribution in [1.82, 2.24) is 14.5 Å². The molecule has 7 heteroatoms. The van der Waals surface area contributed by atoms with E-state index in [2.05, 4.69) is 22.0 Å². The van der Waals surface area contributed by atoms with Gasteiger partial charge in [-0.1, -0.05) is 35.9 Å². The molecule has 0 amide bonds. The van der Waals surface area contributed by atoms with Gasteiger partial charge in [-0.15, -0.1) is 0 Å². The number of para-hydroxylation sites is 1. The summed E-state index contributed by atoms with van der Waals surface area (Å²) in [5, 5.41) is 1.64. The molecule has 6 rings (SSSR count).